The number of nitrogens with zero attached hydrogens (tertiary/aromatic N) is 1. The fraction of sp³-hybridized carbons (Fsp3) is 0.280. The van der Waals surface area contributed by atoms with Crippen molar-refractivity contribution in [3.63, 3.8) is 0 Å². The summed E-state index contributed by atoms with van der Waals surface area (Å²) in [6.45, 7) is 5.45. The molecular formula is C25H26ClNO3. The fourth-order valence-electron chi connectivity index (χ4n) is 3.45. The van der Waals surface area contributed by atoms with Crippen LogP contribution in [0, 0.1) is 0 Å². The van der Waals surface area contributed by atoms with Crippen LogP contribution in [0.1, 0.15) is 26.3 Å². The highest BCUT2D eigenvalue weighted by atomic mass is 35.5. The van der Waals surface area contributed by atoms with Gasteiger partial charge in [-0.1, -0.05) is 66.7 Å². The molecule has 4 nitrogen and oxygen atoms in total. The smallest absolute Gasteiger partial charge is 0.330 e. The first-order valence-corrected chi connectivity index (χ1v) is 10.5. The maximum Gasteiger partial charge on any atom is 0.330 e. The highest BCUT2D eigenvalue weighted by molar-refractivity contribution is 6.30. The number of amides is 1. The lowest BCUT2D eigenvalue weighted by molar-refractivity contribution is -0.157. The molecule has 0 fully saturated rings. The first kappa shape index (κ1) is 21.8. The molecule has 1 atom stereocenters. The predicted octanol–water partition coefficient (Wildman–Crippen LogP) is 5.36. The van der Waals surface area contributed by atoms with Crippen molar-refractivity contribution in [1.82, 2.24) is 0 Å². The van der Waals surface area contributed by atoms with Crippen LogP contribution in [0.4, 0.5) is 5.69 Å². The third-order valence-electron chi connectivity index (χ3n) is 4.67. The molecule has 0 radical (unpaired) electrons. The van der Waals surface area contributed by atoms with Crippen LogP contribution in [-0.4, -0.2) is 29.4 Å². The van der Waals surface area contributed by atoms with Gasteiger partial charge >= 0.3 is 5.97 Å². The lowest BCUT2D eigenvalue weighted by Crippen LogP contribution is -2.49. The van der Waals surface area contributed by atoms with Crippen molar-refractivity contribution < 1.29 is 14.3 Å². The van der Waals surface area contributed by atoms with Crippen LogP contribution in [-0.2, 0) is 20.7 Å². The first-order chi connectivity index (χ1) is 14.3. The number of halogens is 1. The summed E-state index contributed by atoms with van der Waals surface area (Å²) in [5.41, 5.74) is 0.895. The standard InChI is InChI=1S/C25H26ClNO3/c1-25(2,3)30-24(29)22(16-18-10-5-4-6-11-18)27(23(28)17-26)21-15-9-13-19-12-7-8-14-20(19)21/h4-15,22H,16-17H2,1-3H3/t22-/m0/s1. The average molecular weight is 424 g/mol. The third-order valence-corrected chi connectivity index (χ3v) is 4.90. The normalized spacial score (nSPS) is 12.4. The SMILES string of the molecule is CC(C)(C)OC(=O)[C@H](Cc1ccccc1)N(C(=O)CCl)c1cccc2ccccc12. The predicted molar refractivity (Wildman–Crippen MR) is 122 cm³/mol. The molecule has 0 spiro atoms. The number of esters is 1. The van der Waals surface area contributed by atoms with Gasteiger partial charge in [-0.15, -0.1) is 11.6 Å². The minimum Gasteiger partial charge on any atom is -0.458 e. The number of alkyl halides is 1. The number of fused-ring (bicyclic) bond motifs is 1. The number of benzene rings is 3. The van der Waals surface area contributed by atoms with Gasteiger partial charge in [0, 0.05) is 11.8 Å². The van der Waals surface area contributed by atoms with Crippen molar-refractivity contribution >= 4 is 39.9 Å². The van der Waals surface area contributed by atoms with Crippen molar-refractivity contribution in [2.24, 2.45) is 0 Å². The topological polar surface area (TPSA) is 46.6 Å². The van der Waals surface area contributed by atoms with Gasteiger partial charge in [-0.3, -0.25) is 9.69 Å². The minimum atomic E-state index is -0.844. The Morgan fingerprint density at radius 2 is 1.57 bits per heavy atom. The molecule has 0 heterocycles. The molecule has 0 N–H and O–H groups in total. The van der Waals surface area contributed by atoms with Crippen molar-refractivity contribution in [2.75, 3.05) is 10.8 Å². The van der Waals surface area contributed by atoms with Gasteiger partial charge in [0.1, 0.15) is 17.5 Å². The van der Waals surface area contributed by atoms with E-state index in [0.29, 0.717) is 12.1 Å². The lowest BCUT2D eigenvalue weighted by atomic mass is 10.0. The van der Waals surface area contributed by atoms with Gasteiger partial charge in [0.05, 0.1) is 5.69 Å². The fourth-order valence-corrected chi connectivity index (χ4v) is 3.57. The Kier molecular flexibility index (Phi) is 6.78. The average Bonchev–Trinajstić information content (AvgIpc) is 2.72. The summed E-state index contributed by atoms with van der Waals surface area (Å²) >= 11 is 5.99. The Morgan fingerprint density at radius 1 is 0.933 bits per heavy atom. The molecule has 3 aromatic carbocycles. The van der Waals surface area contributed by atoms with E-state index in [9.17, 15) is 9.59 Å². The van der Waals surface area contributed by atoms with E-state index < -0.39 is 17.6 Å². The van der Waals surface area contributed by atoms with Gasteiger partial charge in [-0.25, -0.2) is 4.79 Å². The van der Waals surface area contributed by atoms with Gasteiger partial charge in [0.2, 0.25) is 5.91 Å². The molecule has 0 saturated heterocycles. The Labute approximate surface area is 182 Å². The quantitative estimate of drug-likeness (QED) is 0.396. The largest absolute Gasteiger partial charge is 0.458 e. The number of ether oxygens (including phenoxy) is 1. The van der Waals surface area contributed by atoms with Gasteiger partial charge in [-0.05, 0) is 37.8 Å². The molecule has 5 heteroatoms. The summed E-state index contributed by atoms with van der Waals surface area (Å²) in [7, 11) is 0. The maximum absolute atomic E-state index is 13.3. The Morgan fingerprint density at radius 3 is 2.23 bits per heavy atom. The molecule has 0 bridgehead atoms. The summed E-state index contributed by atoms with van der Waals surface area (Å²) in [4.78, 5) is 27.8. The molecule has 156 valence electrons. The molecule has 3 aromatic rings. The molecule has 30 heavy (non-hydrogen) atoms. The van der Waals surface area contributed by atoms with Gasteiger partial charge < -0.3 is 4.74 Å². The van der Waals surface area contributed by atoms with Crippen LogP contribution in [0.15, 0.2) is 72.8 Å². The third kappa shape index (κ3) is 5.19. The second-order valence-corrected chi connectivity index (χ2v) is 8.40. The molecule has 0 saturated carbocycles. The van der Waals surface area contributed by atoms with E-state index >= 15 is 0 Å². The van der Waals surface area contributed by atoms with Crippen LogP contribution in [0.25, 0.3) is 10.8 Å². The van der Waals surface area contributed by atoms with E-state index in [1.807, 2.05) is 93.6 Å². The molecule has 3 rings (SSSR count). The second-order valence-electron chi connectivity index (χ2n) is 8.13. The Bertz CT molecular complexity index is 1020. The molecular weight excluding hydrogens is 398 g/mol. The lowest BCUT2D eigenvalue weighted by Gasteiger charge is -2.33. The summed E-state index contributed by atoms with van der Waals surface area (Å²) in [5, 5.41) is 1.85. The van der Waals surface area contributed by atoms with Crippen molar-refractivity contribution in [3.8, 4) is 0 Å². The molecule has 0 aliphatic heterocycles. The highest BCUT2D eigenvalue weighted by Gasteiger charge is 2.35. The maximum atomic E-state index is 13.3. The van der Waals surface area contributed by atoms with Crippen LogP contribution in [0.5, 0.6) is 0 Å². The van der Waals surface area contributed by atoms with Crippen LogP contribution in [0.2, 0.25) is 0 Å². The monoisotopic (exact) mass is 423 g/mol. The number of carbonyl (C=O) groups excluding carboxylic acids is 2. The van der Waals surface area contributed by atoms with Crippen molar-refractivity contribution in [2.45, 2.75) is 38.8 Å². The zero-order chi connectivity index (χ0) is 21.7. The van der Waals surface area contributed by atoms with Gasteiger partial charge in [0.15, 0.2) is 0 Å². The Balaban J connectivity index is 2.13. The molecule has 0 aromatic heterocycles. The zero-order valence-electron chi connectivity index (χ0n) is 17.5. The van der Waals surface area contributed by atoms with E-state index in [1.54, 1.807) is 0 Å². The molecule has 1 amide bonds. The number of rotatable bonds is 6. The van der Waals surface area contributed by atoms with E-state index in [-0.39, 0.29) is 11.8 Å². The number of hydrogen-bond donors (Lipinski definition) is 0. The summed E-state index contributed by atoms with van der Waals surface area (Å²) in [6, 6.07) is 22.2. The van der Waals surface area contributed by atoms with Crippen molar-refractivity contribution in [3.05, 3.63) is 78.4 Å². The molecule has 0 aliphatic carbocycles. The van der Waals surface area contributed by atoms with Crippen LogP contribution in [0.3, 0.4) is 0 Å². The van der Waals surface area contributed by atoms with E-state index in [2.05, 4.69) is 0 Å². The molecule has 0 aliphatic rings. The number of carbonyl (C=O) groups is 2. The zero-order valence-corrected chi connectivity index (χ0v) is 18.2. The molecule has 0 unspecified atom stereocenters. The summed E-state index contributed by atoms with van der Waals surface area (Å²) in [6.07, 6.45) is 0.321. The number of anilines is 1. The number of hydrogen-bond acceptors (Lipinski definition) is 3. The van der Waals surface area contributed by atoms with Gasteiger partial charge in [-0.2, -0.15) is 0 Å². The van der Waals surface area contributed by atoms with E-state index in [4.69, 9.17) is 16.3 Å². The van der Waals surface area contributed by atoms with E-state index in [0.717, 1.165) is 16.3 Å². The van der Waals surface area contributed by atoms with Gasteiger partial charge in [0.25, 0.3) is 0 Å². The minimum absolute atomic E-state index is 0.239. The van der Waals surface area contributed by atoms with Crippen LogP contribution < -0.4 is 4.90 Å². The highest BCUT2D eigenvalue weighted by Crippen LogP contribution is 2.30. The Hall–Kier alpha value is -2.85. The van der Waals surface area contributed by atoms with E-state index in [1.165, 1.54) is 4.90 Å². The van der Waals surface area contributed by atoms with Crippen molar-refractivity contribution in [1.29, 1.82) is 0 Å². The summed E-state index contributed by atoms with van der Waals surface area (Å²) < 4.78 is 5.71. The first-order valence-electron chi connectivity index (χ1n) is 9.93. The summed E-state index contributed by atoms with van der Waals surface area (Å²) in [5.74, 6) is -1.05. The second kappa shape index (κ2) is 9.31. The van der Waals surface area contributed by atoms with Crippen LogP contribution >= 0.6 is 11.6 Å².